The van der Waals surface area contributed by atoms with Gasteiger partial charge in [0.1, 0.15) is 5.75 Å². The van der Waals surface area contributed by atoms with Gasteiger partial charge in [-0.05, 0) is 24.7 Å². The Morgan fingerprint density at radius 1 is 1.25 bits per heavy atom. The van der Waals surface area contributed by atoms with Crippen molar-refractivity contribution in [3.63, 3.8) is 0 Å². The molecule has 0 fully saturated rings. The molecule has 0 radical (unpaired) electrons. The van der Waals surface area contributed by atoms with Gasteiger partial charge in [0.2, 0.25) is 0 Å². The maximum atomic E-state index is 11.9. The van der Waals surface area contributed by atoms with Crippen LogP contribution in [-0.4, -0.2) is 27.4 Å². The molecule has 0 saturated heterocycles. The van der Waals surface area contributed by atoms with Crippen LogP contribution in [0.2, 0.25) is 0 Å². The van der Waals surface area contributed by atoms with Crippen LogP contribution in [0, 0.1) is 0 Å². The molecular formula is C11H15F2NO2. The van der Waals surface area contributed by atoms with Crippen molar-refractivity contribution in [3.05, 3.63) is 29.8 Å². The van der Waals surface area contributed by atoms with Crippen molar-refractivity contribution in [2.24, 2.45) is 0 Å². The van der Waals surface area contributed by atoms with Crippen LogP contribution in [0.3, 0.4) is 0 Å². The molecule has 16 heavy (non-hydrogen) atoms. The normalized spacial score (nSPS) is 12.8. The Morgan fingerprint density at radius 2 is 1.88 bits per heavy atom. The molecule has 5 heteroatoms. The van der Waals surface area contributed by atoms with Crippen molar-refractivity contribution in [2.45, 2.75) is 12.7 Å². The smallest absolute Gasteiger partial charge is 0.387 e. The first-order chi connectivity index (χ1) is 7.67. The summed E-state index contributed by atoms with van der Waals surface area (Å²) < 4.78 is 33.1. The maximum Gasteiger partial charge on any atom is 0.387 e. The van der Waals surface area contributed by atoms with Crippen molar-refractivity contribution in [1.82, 2.24) is 5.32 Å². The van der Waals surface area contributed by atoms with Crippen molar-refractivity contribution in [2.75, 3.05) is 20.8 Å². The number of methoxy groups -OCH3 is 1. The molecule has 0 aromatic heterocycles. The molecule has 1 unspecified atom stereocenters. The number of likely N-dealkylation sites (N-methyl/N-ethyl adjacent to an activating group) is 1. The molecule has 0 aliphatic heterocycles. The van der Waals surface area contributed by atoms with Gasteiger partial charge < -0.3 is 14.8 Å². The lowest BCUT2D eigenvalue weighted by atomic mass is 10.1. The molecule has 0 heterocycles. The third kappa shape index (κ3) is 3.75. The van der Waals surface area contributed by atoms with E-state index in [1.165, 1.54) is 12.1 Å². The van der Waals surface area contributed by atoms with Crippen molar-refractivity contribution >= 4 is 0 Å². The number of hydrogen-bond acceptors (Lipinski definition) is 3. The van der Waals surface area contributed by atoms with E-state index in [0.29, 0.717) is 6.61 Å². The molecule has 1 atom stereocenters. The molecule has 0 saturated carbocycles. The van der Waals surface area contributed by atoms with Gasteiger partial charge in [-0.25, -0.2) is 0 Å². The molecule has 1 aromatic rings. The van der Waals surface area contributed by atoms with Gasteiger partial charge in [0, 0.05) is 7.11 Å². The summed E-state index contributed by atoms with van der Waals surface area (Å²) in [5, 5.41) is 3.07. The number of hydrogen-bond donors (Lipinski definition) is 1. The van der Waals surface area contributed by atoms with E-state index in [2.05, 4.69) is 10.1 Å². The molecule has 0 spiro atoms. The average molecular weight is 231 g/mol. The Labute approximate surface area is 93.4 Å². The standard InChI is InChI=1S/C11H15F2NO2/c1-14-10(7-15-2)8-3-5-9(6-4-8)16-11(12)13/h3-6,10-11,14H,7H2,1-2H3. The van der Waals surface area contributed by atoms with E-state index in [4.69, 9.17) is 4.74 Å². The number of benzene rings is 1. The second-order valence-corrected chi connectivity index (χ2v) is 3.24. The second kappa shape index (κ2) is 6.40. The molecule has 0 amide bonds. The zero-order valence-corrected chi connectivity index (χ0v) is 9.24. The van der Waals surface area contributed by atoms with E-state index in [9.17, 15) is 8.78 Å². The highest BCUT2D eigenvalue weighted by molar-refractivity contribution is 5.29. The summed E-state index contributed by atoms with van der Waals surface area (Å²) >= 11 is 0. The zero-order valence-electron chi connectivity index (χ0n) is 9.24. The second-order valence-electron chi connectivity index (χ2n) is 3.24. The van der Waals surface area contributed by atoms with Gasteiger partial charge in [-0.2, -0.15) is 8.78 Å². The molecule has 90 valence electrons. The Morgan fingerprint density at radius 3 is 2.31 bits per heavy atom. The third-order valence-electron chi connectivity index (χ3n) is 2.19. The van der Waals surface area contributed by atoms with Crippen LogP contribution < -0.4 is 10.1 Å². The summed E-state index contributed by atoms with van der Waals surface area (Å²) in [6.07, 6.45) is 0. The van der Waals surface area contributed by atoms with E-state index in [1.807, 2.05) is 7.05 Å². The van der Waals surface area contributed by atoms with Crippen molar-refractivity contribution in [1.29, 1.82) is 0 Å². The Bertz CT molecular complexity index is 303. The summed E-state index contributed by atoms with van der Waals surface area (Å²) in [4.78, 5) is 0. The Hall–Kier alpha value is -1.20. The predicted octanol–water partition coefficient (Wildman–Crippen LogP) is 2.19. The lowest BCUT2D eigenvalue weighted by Crippen LogP contribution is -2.20. The van der Waals surface area contributed by atoms with Gasteiger partial charge in [-0.3, -0.25) is 0 Å². The van der Waals surface area contributed by atoms with Gasteiger partial charge in [0.15, 0.2) is 0 Å². The number of nitrogens with one attached hydrogen (secondary N) is 1. The predicted molar refractivity (Wildman–Crippen MR) is 56.8 cm³/mol. The number of alkyl halides is 2. The maximum absolute atomic E-state index is 11.9. The summed E-state index contributed by atoms with van der Waals surface area (Å²) in [5.41, 5.74) is 0.964. The highest BCUT2D eigenvalue weighted by atomic mass is 19.3. The monoisotopic (exact) mass is 231 g/mol. The van der Waals surface area contributed by atoms with E-state index in [-0.39, 0.29) is 11.8 Å². The van der Waals surface area contributed by atoms with Crippen LogP contribution >= 0.6 is 0 Å². The first-order valence-corrected chi connectivity index (χ1v) is 4.88. The minimum absolute atomic E-state index is 0.0469. The summed E-state index contributed by atoms with van der Waals surface area (Å²) in [7, 11) is 3.42. The van der Waals surface area contributed by atoms with Crippen LogP contribution in [0.5, 0.6) is 5.75 Å². The summed E-state index contributed by atoms with van der Waals surface area (Å²) in [5.74, 6) is 0.158. The molecule has 1 aromatic carbocycles. The van der Waals surface area contributed by atoms with Crippen LogP contribution in [0.4, 0.5) is 8.78 Å². The largest absolute Gasteiger partial charge is 0.435 e. The SMILES string of the molecule is CNC(COC)c1ccc(OC(F)F)cc1. The van der Waals surface area contributed by atoms with E-state index >= 15 is 0 Å². The molecule has 0 bridgehead atoms. The average Bonchev–Trinajstić information content (AvgIpc) is 2.26. The van der Waals surface area contributed by atoms with E-state index in [0.717, 1.165) is 5.56 Å². The highest BCUT2D eigenvalue weighted by Crippen LogP contribution is 2.19. The van der Waals surface area contributed by atoms with Crippen LogP contribution in [0.1, 0.15) is 11.6 Å². The molecule has 0 aliphatic carbocycles. The van der Waals surface area contributed by atoms with Gasteiger partial charge in [0.05, 0.1) is 12.6 Å². The first-order valence-electron chi connectivity index (χ1n) is 4.88. The molecule has 1 N–H and O–H groups in total. The van der Waals surface area contributed by atoms with Crippen molar-refractivity contribution in [3.8, 4) is 5.75 Å². The van der Waals surface area contributed by atoms with Gasteiger partial charge >= 0.3 is 6.61 Å². The molecule has 1 rings (SSSR count). The first kappa shape index (κ1) is 12.9. The topological polar surface area (TPSA) is 30.5 Å². The van der Waals surface area contributed by atoms with E-state index < -0.39 is 6.61 Å². The van der Waals surface area contributed by atoms with Gasteiger partial charge in [-0.1, -0.05) is 12.1 Å². The van der Waals surface area contributed by atoms with Crippen LogP contribution in [0.25, 0.3) is 0 Å². The minimum Gasteiger partial charge on any atom is -0.435 e. The third-order valence-corrected chi connectivity index (χ3v) is 2.19. The van der Waals surface area contributed by atoms with Gasteiger partial charge in [0.25, 0.3) is 0 Å². The minimum atomic E-state index is -2.79. The van der Waals surface area contributed by atoms with Crippen molar-refractivity contribution < 1.29 is 18.3 Å². The van der Waals surface area contributed by atoms with Crippen LogP contribution in [0.15, 0.2) is 24.3 Å². The Balaban J connectivity index is 2.69. The molecule has 0 aliphatic rings. The fourth-order valence-electron chi connectivity index (χ4n) is 1.39. The number of halogens is 2. The Kier molecular flexibility index (Phi) is 5.14. The molecule has 3 nitrogen and oxygen atoms in total. The fourth-order valence-corrected chi connectivity index (χ4v) is 1.39. The number of ether oxygens (including phenoxy) is 2. The lowest BCUT2D eigenvalue weighted by molar-refractivity contribution is -0.0498. The fraction of sp³-hybridized carbons (Fsp3) is 0.455. The zero-order chi connectivity index (χ0) is 12.0. The molecular weight excluding hydrogens is 216 g/mol. The van der Waals surface area contributed by atoms with Crippen LogP contribution in [-0.2, 0) is 4.74 Å². The van der Waals surface area contributed by atoms with E-state index in [1.54, 1.807) is 19.2 Å². The summed E-state index contributed by atoms with van der Waals surface area (Å²) in [6, 6.07) is 6.55. The van der Waals surface area contributed by atoms with Gasteiger partial charge in [-0.15, -0.1) is 0 Å². The summed E-state index contributed by atoms with van der Waals surface area (Å²) in [6.45, 7) is -2.27. The quantitative estimate of drug-likeness (QED) is 0.814. The highest BCUT2D eigenvalue weighted by Gasteiger charge is 2.09. The lowest BCUT2D eigenvalue weighted by Gasteiger charge is -2.15. The number of rotatable bonds is 6.